The van der Waals surface area contributed by atoms with E-state index in [1.165, 1.54) is 6.20 Å². The molecular formula is C10H12ClN3O2. The largest absolute Gasteiger partial charge is 0.325 e. The first kappa shape index (κ1) is 12.4. The molecule has 0 aromatic carbocycles. The quantitative estimate of drug-likeness (QED) is 0.791. The van der Waals surface area contributed by atoms with Crippen molar-refractivity contribution in [2.75, 3.05) is 11.2 Å². The van der Waals surface area contributed by atoms with Crippen LogP contribution in [0.2, 0.25) is 0 Å². The molecule has 0 bridgehead atoms. The highest BCUT2D eigenvalue weighted by atomic mass is 35.5. The van der Waals surface area contributed by atoms with E-state index in [0.29, 0.717) is 5.69 Å². The molecule has 0 aliphatic rings. The third-order valence-electron chi connectivity index (χ3n) is 1.74. The van der Waals surface area contributed by atoms with Crippen molar-refractivity contribution in [3.63, 3.8) is 0 Å². The van der Waals surface area contributed by atoms with Crippen molar-refractivity contribution in [1.29, 1.82) is 0 Å². The molecule has 6 heteroatoms. The molecule has 2 N–H and O–H groups in total. The van der Waals surface area contributed by atoms with E-state index in [2.05, 4.69) is 15.6 Å². The number of nitrogens with zero attached hydrogens (tertiary/aromatic N) is 1. The van der Waals surface area contributed by atoms with Crippen molar-refractivity contribution >= 4 is 29.2 Å². The monoisotopic (exact) mass is 241 g/mol. The van der Waals surface area contributed by atoms with E-state index in [1.807, 2.05) is 6.92 Å². The van der Waals surface area contributed by atoms with Crippen molar-refractivity contribution in [2.24, 2.45) is 0 Å². The Morgan fingerprint density at radius 3 is 2.75 bits per heavy atom. The summed E-state index contributed by atoms with van der Waals surface area (Å²) in [6, 6.07) is 2.88. The lowest BCUT2D eigenvalue weighted by Crippen LogP contribution is -2.34. The molecule has 86 valence electrons. The second-order valence-corrected chi connectivity index (χ2v) is 3.51. The highest BCUT2D eigenvalue weighted by Gasteiger charge is 2.06. The molecule has 0 unspecified atom stereocenters. The van der Waals surface area contributed by atoms with Gasteiger partial charge in [-0.25, -0.2) is 4.79 Å². The zero-order chi connectivity index (χ0) is 12.0. The van der Waals surface area contributed by atoms with E-state index >= 15 is 0 Å². The topological polar surface area (TPSA) is 71.1 Å². The number of rotatable bonds is 3. The van der Waals surface area contributed by atoms with Crippen LogP contribution in [0.1, 0.15) is 12.1 Å². The predicted octanol–water partition coefficient (Wildman–Crippen LogP) is 1.67. The summed E-state index contributed by atoms with van der Waals surface area (Å²) in [5.41, 5.74) is 1.38. The van der Waals surface area contributed by atoms with Gasteiger partial charge in [0.05, 0.1) is 11.9 Å². The standard InChI is InChI=1S/C10H12ClN3O2/c1-7-2-3-8(6-12-7)13-10(16)14-9(15)4-5-11/h2-3,6H,4-5H2,1H3,(H2,13,14,15,16). The molecule has 0 atom stereocenters. The third-order valence-corrected chi connectivity index (χ3v) is 1.93. The summed E-state index contributed by atoms with van der Waals surface area (Å²) in [6.45, 7) is 1.84. The van der Waals surface area contributed by atoms with Crippen LogP contribution in [0.3, 0.4) is 0 Å². The van der Waals surface area contributed by atoms with Crippen LogP contribution in [0.4, 0.5) is 10.5 Å². The minimum absolute atomic E-state index is 0.112. The van der Waals surface area contributed by atoms with E-state index < -0.39 is 11.9 Å². The number of aryl methyl sites for hydroxylation is 1. The summed E-state index contributed by atoms with van der Waals surface area (Å²) in [5.74, 6) is -0.224. The van der Waals surface area contributed by atoms with Gasteiger partial charge in [-0.2, -0.15) is 0 Å². The molecule has 3 amide bonds. The molecule has 0 saturated heterocycles. The minimum atomic E-state index is -0.583. The number of carbonyl (C=O) groups excluding carboxylic acids is 2. The van der Waals surface area contributed by atoms with E-state index in [4.69, 9.17) is 11.6 Å². The van der Waals surface area contributed by atoms with Gasteiger partial charge >= 0.3 is 6.03 Å². The van der Waals surface area contributed by atoms with Crippen LogP contribution in [0.5, 0.6) is 0 Å². The Labute approximate surface area is 98.2 Å². The summed E-state index contributed by atoms with van der Waals surface area (Å²) in [4.78, 5) is 26.3. The van der Waals surface area contributed by atoms with Crippen molar-refractivity contribution in [2.45, 2.75) is 13.3 Å². The molecular weight excluding hydrogens is 230 g/mol. The number of nitrogens with one attached hydrogen (secondary N) is 2. The fourth-order valence-corrected chi connectivity index (χ4v) is 1.15. The highest BCUT2D eigenvalue weighted by Crippen LogP contribution is 2.04. The molecule has 16 heavy (non-hydrogen) atoms. The fraction of sp³-hybridized carbons (Fsp3) is 0.300. The molecule has 0 aliphatic carbocycles. The number of anilines is 1. The number of imide groups is 1. The summed E-state index contributed by atoms with van der Waals surface area (Å²) in [7, 11) is 0. The molecule has 5 nitrogen and oxygen atoms in total. The first-order chi connectivity index (χ1) is 7.61. The van der Waals surface area contributed by atoms with Gasteiger partial charge in [-0.1, -0.05) is 0 Å². The summed E-state index contributed by atoms with van der Waals surface area (Å²) < 4.78 is 0. The predicted molar refractivity (Wildman–Crippen MR) is 61.5 cm³/mol. The van der Waals surface area contributed by atoms with Crippen molar-refractivity contribution < 1.29 is 9.59 Å². The molecule has 1 rings (SSSR count). The number of hydrogen-bond acceptors (Lipinski definition) is 3. The van der Waals surface area contributed by atoms with Gasteiger partial charge in [0.25, 0.3) is 0 Å². The van der Waals surface area contributed by atoms with Gasteiger partial charge in [-0.3, -0.25) is 15.1 Å². The van der Waals surface area contributed by atoms with E-state index in [9.17, 15) is 9.59 Å². The van der Waals surface area contributed by atoms with Crippen LogP contribution >= 0.6 is 11.6 Å². The lowest BCUT2D eigenvalue weighted by Gasteiger charge is -2.05. The van der Waals surface area contributed by atoms with Gasteiger partial charge in [0.2, 0.25) is 5.91 Å². The first-order valence-corrected chi connectivity index (χ1v) is 5.24. The number of alkyl halides is 1. The molecule has 0 aliphatic heterocycles. The number of halogens is 1. The summed E-state index contributed by atoms with van der Waals surface area (Å²) >= 11 is 5.35. The maximum atomic E-state index is 11.3. The summed E-state index contributed by atoms with van der Waals surface area (Å²) in [5, 5.41) is 4.62. The first-order valence-electron chi connectivity index (χ1n) is 4.71. The Kier molecular flexibility index (Phi) is 4.72. The average molecular weight is 242 g/mol. The van der Waals surface area contributed by atoms with Crippen LogP contribution in [-0.4, -0.2) is 22.8 Å². The molecule has 0 saturated carbocycles. The van der Waals surface area contributed by atoms with Crippen LogP contribution in [0.25, 0.3) is 0 Å². The number of hydrogen-bond donors (Lipinski definition) is 2. The van der Waals surface area contributed by atoms with Gasteiger partial charge in [-0.05, 0) is 19.1 Å². The smallest absolute Gasteiger partial charge is 0.306 e. The van der Waals surface area contributed by atoms with Crippen LogP contribution in [0, 0.1) is 6.92 Å². The van der Waals surface area contributed by atoms with Crippen molar-refractivity contribution in [1.82, 2.24) is 10.3 Å². The second kappa shape index (κ2) is 6.07. The van der Waals surface area contributed by atoms with Gasteiger partial charge in [0, 0.05) is 18.0 Å². The molecule has 0 fully saturated rings. The molecule has 0 spiro atoms. The Morgan fingerprint density at radius 2 is 2.19 bits per heavy atom. The van der Waals surface area contributed by atoms with Crippen LogP contribution in [-0.2, 0) is 4.79 Å². The lowest BCUT2D eigenvalue weighted by atomic mass is 10.3. The molecule has 1 heterocycles. The zero-order valence-electron chi connectivity index (χ0n) is 8.79. The molecule has 0 radical (unpaired) electrons. The zero-order valence-corrected chi connectivity index (χ0v) is 9.54. The third kappa shape index (κ3) is 4.27. The van der Waals surface area contributed by atoms with Gasteiger partial charge < -0.3 is 5.32 Å². The molecule has 1 aromatic rings. The fourth-order valence-electron chi connectivity index (χ4n) is 0.979. The van der Waals surface area contributed by atoms with E-state index in [1.54, 1.807) is 12.1 Å². The van der Waals surface area contributed by atoms with Crippen molar-refractivity contribution in [3.05, 3.63) is 24.0 Å². The normalized spacial score (nSPS) is 9.62. The number of amides is 3. The van der Waals surface area contributed by atoms with Crippen LogP contribution in [0.15, 0.2) is 18.3 Å². The van der Waals surface area contributed by atoms with E-state index in [-0.39, 0.29) is 12.3 Å². The SMILES string of the molecule is Cc1ccc(NC(=O)NC(=O)CCCl)cn1. The Balaban J connectivity index is 2.45. The number of aromatic nitrogens is 1. The minimum Gasteiger partial charge on any atom is -0.306 e. The number of carbonyl (C=O) groups is 2. The van der Waals surface area contributed by atoms with Gasteiger partial charge in [0.1, 0.15) is 0 Å². The van der Waals surface area contributed by atoms with Crippen molar-refractivity contribution in [3.8, 4) is 0 Å². The van der Waals surface area contributed by atoms with Crippen LogP contribution < -0.4 is 10.6 Å². The van der Waals surface area contributed by atoms with Gasteiger partial charge in [0.15, 0.2) is 0 Å². The molecule has 1 aromatic heterocycles. The van der Waals surface area contributed by atoms with Gasteiger partial charge in [-0.15, -0.1) is 11.6 Å². The Hall–Kier alpha value is -1.62. The lowest BCUT2D eigenvalue weighted by molar-refractivity contribution is -0.119. The van der Waals surface area contributed by atoms with E-state index in [0.717, 1.165) is 5.69 Å². The number of urea groups is 1. The number of pyridine rings is 1. The maximum Gasteiger partial charge on any atom is 0.325 e. The Morgan fingerprint density at radius 1 is 1.44 bits per heavy atom. The maximum absolute atomic E-state index is 11.3. The second-order valence-electron chi connectivity index (χ2n) is 3.13. The summed E-state index contributed by atoms with van der Waals surface area (Å²) in [6.07, 6.45) is 1.63. The average Bonchev–Trinajstić information content (AvgIpc) is 2.21. The Bertz CT molecular complexity index is 378. The highest BCUT2D eigenvalue weighted by molar-refractivity contribution is 6.19.